The van der Waals surface area contributed by atoms with Crippen LogP contribution in [0.1, 0.15) is 45.8 Å². The molecule has 3 aromatic carbocycles. The molecule has 1 fully saturated rings. The third-order valence-electron chi connectivity index (χ3n) is 6.13. The Labute approximate surface area is 203 Å². The van der Waals surface area contributed by atoms with Gasteiger partial charge >= 0.3 is 0 Å². The minimum Gasteiger partial charge on any atom is -0.237 e. The second kappa shape index (κ2) is 10.2. The Balaban J connectivity index is 1.85. The lowest BCUT2D eigenvalue weighted by molar-refractivity contribution is 0.586. The lowest BCUT2D eigenvalue weighted by atomic mass is 9.92. The molecular weight excluding hydrogens is 451 g/mol. The van der Waals surface area contributed by atoms with E-state index in [4.69, 9.17) is 0 Å². The zero-order chi connectivity index (χ0) is 22.7. The molecule has 2 atom stereocenters. The topological polar surface area (TPSA) is 29.1 Å². The van der Waals surface area contributed by atoms with E-state index in [1.807, 2.05) is 47.8 Å². The molecule has 0 aliphatic carbocycles. The maximum Gasteiger partial charge on any atom is 0.125 e. The van der Waals surface area contributed by atoms with Gasteiger partial charge in [0.25, 0.3) is 0 Å². The maximum atomic E-state index is 13.6. The molecule has 3 aromatic rings. The summed E-state index contributed by atoms with van der Waals surface area (Å²) in [4.78, 5) is 0.816. The fourth-order valence-electron chi connectivity index (χ4n) is 4.20. The van der Waals surface area contributed by atoms with Gasteiger partial charge in [0, 0.05) is 0 Å². The van der Waals surface area contributed by atoms with Crippen LogP contribution >= 0.6 is 23.5 Å². The molecule has 1 heterocycles. The van der Waals surface area contributed by atoms with Gasteiger partial charge in [0.1, 0.15) is 15.1 Å². The normalized spacial score (nSPS) is 17.6. The van der Waals surface area contributed by atoms with Crippen molar-refractivity contribution < 1.29 is 4.21 Å². The van der Waals surface area contributed by atoms with Gasteiger partial charge in [-0.3, -0.25) is 0 Å². The Morgan fingerprint density at radius 2 is 1.47 bits per heavy atom. The fraction of sp³-hybridized carbons (Fsp3) is 0.333. The van der Waals surface area contributed by atoms with Crippen LogP contribution in [-0.2, 0) is 15.1 Å². The first-order valence-corrected chi connectivity index (χ1v) is 14.2. The number of rotatable bonds is 6. The van der Waals surface area contributed by atoms with Gasteiger partial charge in [-0.05, 0) is 85.6 Å². The molecule has 1 N–H and O–H groups in total. The van der Waals surface area contributed by atoms with E-state index in [2.05, 4.69) is 74.9 Å². The molecule has 0 amide bonds. The standard InChI is InChI=1S/C27H31NOS3/c1-19-11-13-24(14-12-19)32(29)28-26(25-18-21(3)20(2)17-22(25)4)27(30-15-8-16-31-27)23-9-6-5-7-10-23/h5-7,9-14,17-18,26,28H,8,15-16H2,1-4H3/t26-,32?/m0/s1. The van der Waals surface area contributed by atoms with Crippen LogP contribution in [-0.4, -0.2) is 15.7 Å². The average Bonchev–Trinajstić information content (AvgIpc) is 2.81. The first-order valence-electron chi connectivity index (χ1n) is 11.1. The maximum absolute atomic E-state index is 13.6. The van der Waals surface area contributed by atoms with Crippen LogP contribution in [0.5, 0.6) is 0 Å². The molecule has 0 saturated carbocycles. The number of thioether (sulfide) groups is 2. The summed E-state index contributed by atoms with van der Waals surface area (Å²) in [6.45, 7) is 8.57. The van der Waals surface area contributed by atoms with E-state index in [9.17, 15) is 4.21 Å². The van der Waals surface area contributed by atoms with E-state index in [0.29, 0.717) is 0 Å². The van der Waals surface area contributed by atoms with Crippen LogP contribution < -0.4 is 4.72 Å². The smallest absolute Gasteiger partial charge is 0.125 e. The van der Waals surface area contributed by atoms with Crippen molar-refractivity contribution >= 4 is 34.5 Å². The van der Waals surface area contributed by atoms with Crippen LogP contribution in [0.2, 0.25) is 0 Å². The highest BCUT2D eigenvalue weighted by atomic mass is 32.2. The van der Waals surface area contributed by atoms with Gasteiger partial charge in [-0.1, -0.05) is 60.2 Å². The van der Waals surface area contributed by atoms with Crippen molar-refractivity contribution in [3.8, 4) is 0 Å². The molecule has 0 spiro atoms. The number of benzene rings is 3. The largest absolute Gasteiger partial charge is 0.237 e. The second-order valence-corrected chi connectivity index (χ2v) is 12.7. The summed E-state index contributed by atoms with van der Waals surface area (Å²) >= 11 is 3.98. The lowest BCUT2D eigenvalue weighted by Crippen LogP contribution is -2.40. The van der Waals surface area contributed by atoms with Crippen molar-refractivity contribution in [3.05, 3.63) is 100 Å². The molecule has 32 heavy (non-hydrogen) atoms. The number of hydrogen-bond acceptors (Lipinski definition) is 3. The molecule has 1 aliphatic rings. The Kier molecular flexibility index (Phi) is 7.51. The predicted molar refractivity (Wildman–Crippen MR) is 142 cm³/mol. The minimum absolute atomic E-state index is 0.0957. The predicted octanol–water partition coefficient (Wildman–Crippen LogP) is 7.00. The number of aryl methyl sites for hydroxylation is 4. The van der Waals surface area contributed by atoms with Crippen molar-refractivity contribution in [3.63, 3.8) is 0 Å². The molecule has 0 aromatic heterocycles. The first-order chi connectivity index (χ1) is 15.4. The molecule has 2 nitrogen and oxygen atoms in total. The molecule has 168 valence electrons. The monoisotopic (exact) mass is 481 g/mol. The summed E-state index contributed by atoms with van der Waals surface area (Å²) < 4.78 is 17.0. The number of nitrogens with one attached hydrogen (secondary N) is 1. The van der Waals surface area contributed by atoms with E-state index < -0.39 is 11.0 Å². The van der Waals surface area contributed by atoms with Crippen LogP contribution in [0, 0.1) is 27.7 Å². The summed E-state index contributed by atoms with van der Waals surface area (Å²) in [6, 6.07) is 23.2. The molecular formula is C27H31NOS3. The van der Waals surface area contributed by atoms with Crippen LogP contribution in [0.4, 0.5) is 0 Å². The van der Waals surface area contributed by atoms with Gasteiger partial charge in [0.15, 0.2) is 0 Å². The third-order valence-corrected chi connectivity index (χ3v) is 10.8. The highest BCUT2D eigenvalue weighted by Gasteiger charge is 2.45. The van der Waals surface area contributed by atoms with E-state index in [1.165, 1.54) is 39.8 Å². The van der Waals surface area contributed by atoms with Gasteiger partial charge in [-0.2, -0.15) is 0 Å². The van der Waals surface area contributed by atoms with E-state index in [0.717, 1.165) is 16.4 Å². The van der Waals surface area contributed by atoms with Crippen LogP contribution in [0.25, 0.3) is 0 Å². The quantitative estimate of drug-likeness (QED) is 0.411. The van der Waals surface area contributed by atoms with Gasteiger partial charge in [-0.15, -0.1) is 23.5 Å². The SMILES string of the molecule is Cc1ccc(S(=O)N[C@@H](c2cc(C)c(C)cc2C)C2(c3ccccc3)SCCCS2)cc1. The van der Waals surface area contributed by atoms with E-state index in [-0.39, 0.29) is 10.1 Å². The molecule has 5 heteroatoms. The van der Waals surface area contributed by atoms with Crippen LogP contribution in [0.15, 0.2) is 71.6 Å². The van der Waals surface area contributed by atoms with Crippen molar-refractivity contribution in [2.24, 2.45) is 0 Å². The highest BCUT2D eigenvalue weighted by molar-refractivity contribution is 8.18. The van der Waals surface area contributed by atoms with Gasteiger partial charge in [0.05, 0.1) is 10.9 Å². The van der Waals surface area contributed by atoms with Crippen molar-refractivity contribution in [1.29, 1.82) is 0 Å². The zero-order valence-corrected chi connectivity index (χ0v) is 21.6. The summed E-state index contributed by atoms with van der Waals surface area (Å²) in [5.74, 6) is 2.20. The summed E-state index contributed by atoms with van der Waals surface area (Å²) in [6.07, 6.45) is 1.20. The highest BCUT2D eigenvalue weighted by Crippen LogP contribution is 2.58. The molecule has 1 unspecified atom stereocenters. The third kappa shape index (κ3) is 4.86. The number of hydrogen-bond donors (Lipinski definition) is 1. The molecule has 4 rings (SSSR count). The van der Waals surface area contributed by atoms with Crippen molar-refractivity contribution in [2.75, 3.05) is 11.5 Å². The molecule has 0 radical (unpaired) electrons. The summed E-state index contributed by atoms with van der Waals surface area (Å²) in [7, 11) is -1.32. The van der Waals surface area contributed by atoms with Gasteiger partial charge in [0.2, 0.25) is 0 Å². The van der Waals surface area contributed by atoms with E-state index >= 15 is 0 Å². The summed E-state index contributed by atoms with van der Waals surface area (Å²) in [5.41, 5.74) is 7.50. The van der Waals surface area contributed by atoms with Gasteiger partial charge in [-0.25, -0.2) is 8.93 Å². The van der Waals surface area contributed by atoms with E-state index in [1.54, 1.807) is 0 Å². The Bertz CT molecular complexity index is 1090. The van der Waals surface area contributed by atoms with Crippen molar-refractivity contribution in [2.45, 2.75) is 49.1 Å². The van der Waals surface area contributed by atoms with Crippen molar-refractivity contribution in [1.82, 2.24) is 4.72 Å². The lowest BCUT2D eigenvalue weighted by Gasteiger charge is -2.43. The van der Waals surface area contributed by atoms with Crippen LogP contribution in [0.3, 0.4) is 0 Å². The zero-order valence-electron chi connectivity index (χ0n) is 19.2. The summed E-state index contributed by atoms with van der Waals surface area (Å²) in [5, 5.41) is 0. The Hall–Kier alpha value is -1.53. The average molecular weight is 482 g/mol. The minimum atomic E-state index is -1.32. The fourth-order valence-corrected chi connectivity index (χ4v) is 8.89. The molecule has 0 bridgehead atoms. The first kappa shape index (κ1) is 23.6. The Morgan fingerprint density at radius 3 is 2.12 bits per heavy atom. The molecule has 1 saturated heterocycles. The Morgan fingerprint density at radius 1 is 0.844 bits per heavy atom. The van der Waals surface area contributed by atoms with Gasteiger partial charge < -0.3 is 0 Å². The second-order valence-electron chi connectivity index (χ2n) is 8.51. The molecule has 1 aliphatic heterocycles.